The van der Waals surface area contributed by atoms with Crippen LogP contribution in [0.2, 0.25) is 5.02 Å². The van der Waals surface area contributed by atoms with Crippen molar-refractivity contribution in [1.82, 2.24) is 26.2 Å². The Morgan fingerprint density at radius 2 is 1.52 bits per heavy atom. The molecule has 4 aromatic rings. The lowest BCUT2D eigenvalue weighted by atomic mass is 9.93. The van der Waals surface area contributed by atoms with E-state index in [1.165, 1.54) is 63.6 Å². The highest BCUT2D eigenvalue weighted by Crippen LogP contribution is 2.39. The number of nitrogens with two attached hydrogens (primary N) is 2. The average molecular weight is 868 g/mol. The number of hydrogen-bond donors (Lipinski definition) is 8. The highest BCUT2D eigenvalue weighted by Gasteiger charge is 2.36. The van der Waals surface area contributed by atoms with Gasteiger partial charge in [0, 0.05) is 41.3 Å². The predicted octanol–water partition coefficient (Wildman–Crippen LogP) is 3.19. The minimum absolute atomic E-state index is 0.0976. The summed E-state index contributed by atoms with van der Waals surface area (Å²) < 4.78 is 4.56. The number of nitrogens with zero attached hydrogens (tertiary/aromatic N) is 1. The number of amides is 5. The number of halogens is 1. The smallest absolute Gasteiger partial charge is 0.330 e. The van der Waals surface area contributed by atoms with Crippen LogP contribution >= 0.6 is 11.6 Å². The first-order valence-corrected chi connectivity index (χ1v) is 20.2. The predicted molar refractivity (Wildman–Crippen MR) is 232 cm³/mol. The first-order chi connectivity index (χ1) is 29.6. The zero-order chi connectivity index (χ0) is 45.1. The summed E-state index contributed by atoms with van der Waals surface area (Å²) in [6.45, 7) is 1.74. The van der Waals surface area contributed by atoms with Crippen LogP contribution < -0.4 is 32.7 Å². The molecule has 4 aromatic carbocycles. The Balaban J connectivity index is 1.48. The molecule has 10 N–H and O–H groups in total. The van der Waals surface area contributed by atoms with Gasteiger partial charge in [0.25, 0.3) is 5.91 Å². The Hall–Kier alpha value is -6.75. The number of fused-ring (bicyclic) bond motifs is 5. The highest BCUT2D eigenvalue weighted by molar-refractivity contribution is 6.30. The van der Waals surface area contributed by atoms with Gasteiger partial charge in [-0.3, -0.25) is 24.0 Å². The SMILES string of the molecule is COC(=O)C=CC(N)NC(=O)C1Cc2ccc(O)c(c2)-c2cc(ccc2O)C(N(C)C(=O)C(CCCCN)NC(=O)c2ccc(-c3ccc(Cl)cc3)cc2)C(=O)NC(C)C(=O)N1. The summed E-state index contributed by atoms with van der Waals surface area (Å²) in [5.41, 5.74) is 14.7. The zero-order valence-corrected chi connectivity index (χ0v) is 35.1. The molecule has 0 saturated carbocycles. The molecule has 5 unspecified atom stereocenters. The van der Waals surface area contributed by atoms with Crippen molar-refractivity contribution in [1.29, 1.82) is 0 Å². The van der Waals surface area contributed by atoms with Crippen LogP contribution in [0.5, 0.6) is 11.5 Å². The Morgan fingerprint density at radius 3 is 2.16 bits per heavy atom. The van der Waals surface area contributed by atoms with Crippen molar-refractivity contribution in [3.05, 3.63) is 119 Å². The first-order valence-electron chi connectivity index (χ1n) is 19.8. The van der Waals surface area contributed by atoms with E-state index in [4.69, 9.17) is 23.1 Å². The molecule has 326 valence electrons. The standard InChI is InChI=1S/C45H50ClN7O9/c1-25-41(57)51-35(43(59)52-38(48)19-20-39(56)62-3)23-26-7-17-36(54)32(22-26)33-24-30(14-18-37(33)55)40(44(60)49-25)53(2)45(61)34(6-4-5-21-47)50-42(58)29-10-8-27(9-11-29)28-12-15-31(46)16-13-28/h7-20,22,24-25,34-35,38,40,54-55H,4-6,21,23,47-48H2,1-3H3,(H,49,60)(H,50,58)(H,51,57)(H,52,59). The maximum Gasteiger partial charge on any atom is 0.330 e. The third-order valence-corrected chi connectivity index (χ3v) is 10.6. The van der Waals surface area contributed by atoms with Crippen molar-refractivity contribution in [2.24, 2.45) is 11.5 Å². The molecule has 0 saturated heterocycles. The third kappa shape index (κ3) is 11.7. The monoisotopic (exact) mass is 867 g/mol. The second-order valence-corrected chi connectivity index (χ2v) is 15.2. The van der Waals surface area contributed by atoms with Crippen molar-refractivity contribution in [3.63, 3.8) is 0 Å². The van der Waals surface area contributed by atoms with E-state index in [1.807, 2.05) is 12.1 Å². The molecule has 62 heavy (non-hydrogen) atoms. The second kappa shape index (κ2) is 21.2. The molecule has 1 aliphatic rings. The number of phenolic OH excluding ortho intramolecular Hbond substituents is 2. The number of rotatable bonds is 13. The summed E-state index contributed by atoms with van der Waals surface area (Å²) in [5.74, 6) is -4.71. The Kier molecular flexibility index (Phi) is 15.8. The molecule has 4 bridgehead atoms. The van der Waals surface area contributed by atoms with Gasteiger partial charge in [-0.05, 0) is 110 Å². The molecule has 17 heteroatoms. The van der Waals surface area contributed by atoms with Gasteiger partial charge in [0.1, 0.15) is 35.7 Å². The lowest BCUT2D eigenvalue weighted by Crippen LogP contribution is -2.57. The second-order valence-electron chi connectivity index (χ2n) is 14.8. The molecule has 1 aliphatic heterocycles. The van der Waals surface area contributed by atoms with E-state index < -0.39 is 65.8 Å². The first kappa shape index (κ1) is 46.3. The normalized spacial score (nSPS) is 17.4. The lowest BCUT2D eigenvalue weighted by Gasteiger charge is -2.32. The maximum atomic E-state index is 14.5. The van der Waals surface area contributed by atoms with E-state index in [9.17, 15) is 39.0 Å². The third-order valence-electron chi connectivity index (χ3n) is 10.3. The Morgan fingerprint density at radius 1 is 0.887 bits per heavy atom. The highest BCUT2D eigenvalue weighted by atomic mass is 35.5. The zero-order valence-electron chi connectivity index (χ0n) is 34.4. The summed E-state index contributed by atoms with van der Waals surface area (Å²) >= 11 is 6.04. The fourth-order valence-corrected chi connectivity index (χ4v) is 7.03. The number of likely N-dealkylation sites (N-methyl/N-ethyl adjacent to an activating group) is 1. The fraction of sp³-hybridized carbons (Fsp3) is 0.289. The Bertz CT molecular complexity index is 2320. The van der Waals surface area contributed by atoms with Crippen molar-refractivity contribution in [2.45, 2.75) is 62.9 Å². The molecule has 5 rings (SSSR count). The largest absolute Gasteiger partial charge is 0.507 e. The number of benzene rings is 4. The number of unbranched alkanes of at least 4 members (excludes halogenated alkanes) is 1. The molecule has 1 heterocycles. The van der Waals surface area contributed by atoms with Gasteiger partial charge in [0.05, 0.1) is 13.3 Å². The van der Waals surface area contributed by atoms with Crippen LogP contribution in [0.3, 0.4) is 0 Å². The van der Waals surface area contributed by atoms with Gasteiger partial charge in [0.2, 0.25) is 23.6 Å². The number of ether oxygens (including phenoxy) is 1. The van der Waals surface area contributed by atoms with E-state index in [-0.39, 0.29) is 46.6 Å². The van der Waals surface area contributed by atoms with Crippen molar-refractivity contribution in [3.8, 4) is 33.8 Å². The molecule has 0 radical (unpaired) electrons. The minimum atomic E-state index is -1.45. The number of carbonyl (C=O) groups excluding carboxylic acids is 6. The number of hydrogen-bond acceptors (Lipinski definition) is 11. The minimum Gasteiger partial charge on any atom is -0.507 e. The van der Waals surface area contributed by atoms with Gasteiger partial charge in [-0.2, -0.15) is 0 Å². The molecule has 0 fully saturated rings. The van der Waals surface area contributed by atoms with E-state index >= 15 is 0 Å². The number of esters is 1. The summed E-state index contributed by atoms with van der Waals surface area (Å²) in [4.78, 5) is 82.6. The molecule has 0 spiro atoms. The van der Waals surface area contributed by atoms with Crippen LogP contribution in [-0.2, 0) is 35.1 Å². The summed E-state index contributed by atoms with van der Waals surface area (Å²) in [6, 6.07) is 17.5. The molecular weight excluding hydrogens is 818 g/mol. The number of nitrogens with one attached hydrogen (secondary N) is 4. The van der Waals surface area contributed by atoms with Gasteiger partial charge in [-0.1, -0.05) is 48.0 Å². The number of aromatic hydroxyl groups is 2. The van der Waals surface area contributed by atoms with Crippen LogP contribution in [0, 0.1) is 0 Å². The fourth-order valence-electron chi connectivity index (χ4n) is 6.90. The molecule has 0 aliphatic carbocycles. The molecule has 16 nitrogen and oxygen atoms in total. The van der Waals surface area contributed by atoms with Gasteiger partial charge in [-0.25, -0.2) is 4.79 Å². The van der Waals surface area contributed by atoms with Crippen LogP contribution in [0.1, 0.15) is 53.7 Å². The quantitative estimate of drug-likeness (QED) is 0.0419. The van der Waals surface area contributed by atoms with E-state index in [2.05, 4.69) is 26.0 Å². The van der Waals surface area contributed by atoms with Gasteiger partial charge >= 0.3 is 5.97 Å². The van der Waals surface area contributed by atoms with Crippen molar-refractivity contribution >= 4 is 47.1 Å². The topological polar surface area (TPSA) is 256 Å². The van der Waals surface area contributed by atoms with Gasteiger partial charge in [-0.15, -0.1) is 0 Å². The van der Waals surface area contributed by atoms with E-state index in [0.717, 1.165) is 22.1 Å². The Labute approximate surface area is 363 Å². The van der Waals surface area contributed by atoms with Crippen LogP contribution in [0.15, 0.2) is 97.1 Å². The van der Waals surface area contributed by atoms with E-state index in [1.54, 1.807) is 36.4 Å². The van der Waals surface area contributed by atoms with Crippen molar-refractivity contribution < 1.29 is 43.7 Å². The van der Waals surface area contributed by atoms with Crippen LogP contribution in [-0.4, -0.2) is 95.6 Å². The number of phenols is 2. The summed E-state index contributed by atoms with van der Waals surface area (Å²) in [6.07, 6.45) is 2.13. The van der Waals surface area contributed by atoms with Gasteiger partial charge in [0.15, 0.2) is 0 Å². The summed E-state index contributed by atoms with van der Waals surface area (Å²) in [7, 11) is 2.56. The maximum absolute atomic E-state index is 14.5. The number of carbonyl (C=O) groups is 6. The number of methoxy groups -OCH3 is 1. The molecule has 5 atom stereocenters. The molecular formula is C45H50ClN7O9. The lowest BCUT2D eigenvalue weighted by molar-refractivity contribution is -0.141. The van der Waals surface area contributed by atoms with Crippen LogP contribution in [0.25, 0.3) is 22.3 Å². The van der Waals surface area contributed by atoms with E-state index in [0.29, 0.717) is 30.0 Å². The van der Waals surface area contributed by atoms with Crippen LogP contribution in [0.4, 0.5) is 0 Å². The van der Waals surface area contributed by atoms with Crippen molar-refractivity contribution in [2.75, 3.05) is 20.7 Å². The molecule has 0 aromatic heterocycles. The van der Waals surface area contributed by atoms with Gasteiger partial charge < -0.3 is 52.6 Å². The summed E-state index contributed by atoms with van der Waals surface area (Å²) in [5, 5.41) is 33.4. The molecule has 5 amide bonds. The average Bonchev–Trinajstić information content (AvgIpc) is 3.25.